The number of hydrogen-bond acceptors (Lipinski definition) is 1. The van der Waals surface area contributed by atoms with Crippen LogP contribution in [0.1, 0.15) is 25.3 Å². The van der Waals surface area contributed by atoms with Gasteiger partial charge in [0.2, 0.25) is 0 Å². The average Bonchev–Trinajstić information content (AvgIpc) is 2.49. The Morgan fingerprint density at radius 2 is 2.17 bits per heavy atom. The van der Waals surface area contributed by atoms with Crippen molar-refractivity contribution >= 4 is 10.9 Å². The van der Waals surface area contributed by atoms with Gasteiger partial charge in [0.15, 0.2) is 0 Å². The van der Waals surface area contributed by atoms with Crippen molar-refractivity contribution in [2.75, 3.05) is 0 Å². The maximum atomic E-state index is 4.19. The Labute approximate surface area is 71.6 Å². The van der Waals surface area contributed by atoms with Crippen molar-refractivity contribution in [1.82, 2.24) is 9.97 Å². The number of rotatable bonds is 1. The van der Waals surface area contributed by atoms with Crippen molar-refractivity contribution in [3.63, 3.8) is 0 Å². The fourth-order valence-corrected chi connectivity index (χ4v) is 1.44. The van der Waals surface area contributed by atoms with Gasteiger partial charge in [-0.15, -0.1) is 0 Å². The van der Waals surface area contributed by atoms with Crippen molar-refractivity contribution in [1.29, 1.82) is 0 Å². The van der Waals surface area contributed by atoms with Gasteiger partial charge in [-0.3, -0.25) is 4.98 Å². The van der Waals surface area contributed by atoms with E-state index in [1.807, 2.05) is 24.7 Å². The number of aromatic amines is 1. The molecule has 0 amide bonds. The Kier molecular flexibility index (Phi) is 1.61. The highest BCUT2D eigenvalue weighted by Crippen LogP contribution is 2.22. The van der Waals surface area contributed by atoms with E-state index in [0.29, 0.717) is 5.92 Å². The number of aromatic nitrogens is 2. The molecule has 2 nitrogen and oxygen atoms in total. The molecule has 0 spiro atoms. The van der Waals surface area contributed by atoms with E-state index in [1.54, 1.807) is 0 Å². The van der Waals surface area contributed by atoms with Crippen LogP contribution in [-0.2, 0) is 0 Å². The molecule has 2 heterocycles. The number of nitrogens with one attached hydrogen (secondary N) is 1. The molecule has 0 aliphatic carbocycles. The van der Waals surface area contributed by atoms with Gasteiger partial charge in [-0.1, -0.05) is 13.8 Å². The molecule has 0 aliphatic heterocycles. The topological polar surface area (TPSA) is 28.7 Å². The van der Waals surface area contributed by atoms with E-state index < -0.39 is 0 Å². The highest BCUT2D eigenvalue weighted by molar-refractivity contribution is 5.81. The maximum Gasteiger partial charge on any atom is 0.0520 e. The lowest BCUT2D eigenvalue weighted by atomic mass is 10.0. The molecule has 0 aromatic carbocycles. The van der Waals surface area contributed by atoms with E-state index in [4.69, 9.17) is 0 Å². The van der Waals surface area contributed by atoms with Crippen molar-refractivity contribution in [2.45, 2.75) is 19.8 Å². The first kappa shape index (κ1) is 7.35. The van der Waals surface area contributed by atoms with Crippen molar-refractivity contribution in [2.24, 2.45) is 0 Å². The van der Waals surface area contributed by atoms with Crippen LogP contribution in [0.5, 0.6) is 0 Å². The minimum absolute atomic E-state index is 0.528. The van der Waals surface area contributed by atoms with Crippen LogP contribution in [0, 0.1) is 0 Å². The molecule has 62 valence electrons. The SMILES string of the molecule is CC(C)c1cncc2cc[nH]c12. The van der Waals surface area contributed by atoms with Gasteiger partial charge in [-0.2, -0.15) is 0 Å². The third-order valence-corrected chi connectivity index (χ3v) is 2.12. The summed E-state index contributed by atoms with van der Waals surface area (Å²) in [6, 6.07) is 2.05. The number of fused-ring (bicyclic) bond motifs is 1. The number of hydrogen-bond donors (Lipinski definition) is 1. The summed E-state index contributed by atoms with van der Waals surface area (Å²) < 4.78 is 0. The second kappa shape index (κ2) is 2.63. The Morgan fingerprint density at radius 3 is 2.92 bits per heavy atom. The molecule has 0 atom stereocenters. The minimum Gasteiger partial charge on any atom is -0.361 e. The molecule has 1 N–H and O–H groups in total. The summed E-state index contributed by atoms with van der Waals surface area (Å²) in [5, 5.41) is 1.20. The van der Waals surface area contributed by atoms with Crippen LogP contribution in [0.2, 0.25) is 0 Å². The lowest BCUT2D eigenvalue weighted by molar-refractivity contribution is 0.866. The molecule has 0 fully saturated rings. The monoisotopic (exact) mass is 160 g/mol. The number of nitrogens with zero attached hydrogens (tertiary/aromatic N) is 1. The minimum atomic E-state index is 0.528. The van der Waals surface area contributed by atoms with Crippen molar-refractivity contribution < 1.29 is 0 Å². The quantitative estimate of drug-likeness (QED) is 0.682. The summed E-state index contributed by atoms with van der Waals surface area (Å²) in [6.07, 6.45) is 5.78. The molecule has 0 aliphatic rings. The summed E-state index contributed by atoms with van der Waals surface area (Å²) in [7, 11) is 0. The van der Waals surface area contributed by atoms with Gasteiger partial charge in [-0.25, -0.2) is 0 Å². The zero-order chi connectivity index (χ0) is 8.55. The fourth-order valence-electron chi connectivity index (χ4n) is 1.44. The van der Waals surface area contributed by atoms with Gasteiger partial charge < -0.3 is 4.98 Å². The number of pyridine rings is 1. The van der Waals surface area contributed by atoms with Gasteiger partial charge in [0, 0.05) is 24.0 Å². The molecular weight excluding hydrogens is 148 g/mol. The first-order chi connectivity index (χ1) is 5.79. The van der Waals surface area contributed by atoms with Crippen LogP contribution in [0.25, 0.3) is 10.9 Å². The molecule has 12 heavy (non-hydrogen) atoms. The van der Waals surface area contributed by atoms with Crippen LogP contribution in [0.3, 0.4) is 0 Å². The van der Waals surface area contributed by atoms with Crippen LogP contribution < -0.4 is 0 Å². The van der Waals surface area contributed by atoms with E-state index in [1.165, 1.54) is 16.5 Å². The summed E-state index contributed by atoms with van der Waals surface area (Å²) in [5.41, 5.74) is 2.51. The Hall–Kier alpha value is -1.31. The molecule has 2 aromatic rings. The third-order valence-electron chi connectivity index (χ3n) is 2.12. The first-order valence-electron chi connectivity index (χ1n) is 4.20. The van der Waals surface area contributed by atoms with E-state index in [0.717, 1.165) is 0 Å². The summed E-state index contributed by atoms with van der Waals surface area (Å²) in [6.45, 7) is 4.36. The van der Waals surface area contributed by atoms with Gasteiger partial charge in [-0.05, 0) is 17.5 Å². The Morgan fingerprint density at radius 1 is 1.33 bits per heavy atom. The van der Waals surface area contributed by atoms with E-state index in [-0.39, 0.29) is 0 Å². The van der Waals surface area contributed by atoms with Crippen LogP contribution >= 0.6 is 0 Å². The molecule has 2 rings (SSSR count). The van der Waals surface area contributed by atoms with Gasteiger partial charge >= 0.3 is 0 Å². The summed E-state index contributed by atoms with van der Waals surface area (Å²) in [5.74, 6) is 0.528. The van der Waals surface area contributed by atoms with Crippen LogP contribution in [0.15, 0.2) is 24.7 Å². The Bertz CT molecular complexity index is 387. The zero-order valence-electron chi connectivity index (χ0n) is 7.33. The molecule has 0 saturated heterocycles. The second-order valence-electron chi connectivity index (χ2n) is 3.33. The fraction of sp³-hybridized carbons (Fsp3) is 0.300. The van der Waals surface area contributed by atoms with E-state index in [9.17, 15) is 0 Å². The second-order valence-corrected chi connectivity index (χ2v) is 3.33. The Balaban J connectivity index is 2.73. The molecule has 0 unspecified atom stereocenters. The maximum absolute atomic E-state index is 4.19. The lowest BCUT2D eigenvalue weighted by Crippen LogP contribution is -1.89. The molecule has 0 bridgehead atoms. The van der Waals surface area contributed by atoms with Crippen LogP contribution in [-0.4, -0.2) is 9.97 Å². The van der Waals surface area contributed by atoms with Gasteiger partial charge in [0.05, 0.1) is 5.52 Å². The van der Waals surface area contributed by atoms with Gasteiger partial charge in [0.25, 0.3) is 0 Å². The molecule has 0 radical (unpaired) electrons. The number of H-pyrrole nitrogens is 1. The predicted octanol–water partition coefficient (Wildman–Crippen LogP) is 2.69. The van der Waals surface area contributed by atoms with E-state index >= 15 is 0 Å². The molecular formula is C10H12N2. The summed E-state index contributed by atoms with van der Waals surface area (Å²) in [4.78, 5) is 7.42. The van der Waals surface area contributed by atoms with Crippen molar-refractivity contribution in [3.8, 4) is 0 Å². The highest BCUT2D eigenvalue weighted by Gasteiger charge is 2.04. The molecule has 2 aromatic heterocycles. The smallest absolute Gasteiger partial charge is 0.0520 e. The van der Waals surface area contributed by atoms with Crippen molar-refractivity contribution in [3.05, 3.63) is 30.2 Å². The largest absolute Gasteiger partial charge is 0.361 e. The van der Waals surface area contributed by atoms with Crippen LogP contribution in [0.4, 0.5) is 0 Å². The first-order valence-corrected chi connectivity index (χ1v) is 4.20. The lowest BCUT2D eigenvalue weighted by Gasteiger charge is -2.04. The van der Waals surface area contributed by atoms with Gasteiger partial charge in [0.1, 0.15) is 0 Å². The third kappa shape index (κ3) is 0.998. The average molecular weight is 160 g/mol. The molecule has 2 heteroatoms. The predicted molar refractivity (Wildman–Crippen MR) is 50.2 cm³/mol. The normalized spacial score (nSPS) is 11.2. The zero-order valence-corrected chi connectivity index (χ0v) is 7.33. The summed E-state index contributed by atoms with van der Waals surface area (Å²) >= 11 is 0. The standard InChI is InChI=1S/C10H12N2/c1-7(2)9-6-11-5-8-3-4-12-10(8)9/h3-7,12H,1-2H3. The molecule has 0 saturated carbocycles. The van der Waals surface area contributed by atoms with E-state index in [2.05, 4.69) is 23.8 Å². The highest BCUT2D eigenvalue weighted by atomic mass is 14.7.